The first kappa shape index (κ1) is 21.7. The second-order valence-corrected chi connectivity index (χ2v) is 8.25. The first-order valence-electron chi connectivity index (χ1n) is 10.7. The van der Waals surface area contributed by atoms with Crippen LogP contribution in [0.3, 0.4) is 0 Å². The van der Waals surface area contributed by atoms with Crippen molar-refractivity contribution in [1.82, 2.24) is 15.1 Å². The maximum Gasteiger partial charge on any atom is 0.279 e. The molecule has 34 heavy (non-hydrogen) atoms. The van der Waals surface area contributed by atoms with Crippen molar-refractivity contribution in [3.05, 3.63) is 93.9 Å². The Morgan fingerprint density at radius 3 is 2.44 bits per heavy atom. The minimum atomic E-state index is -0.470. The molecule has 9 heteroatoms. The summed E-state index contributed by atoms with van der Waals surface area (Å²) in [6.07, 6.45) is 0. The Balaban J connectivity index is 1.49. The standard InChI is InChI=1S/C25H20ClN5O3/c26-20-14-16(10-11-21(20)30-13-12-27-22(32)15-30)28-24(33)23-18-8-4-5-9-19(18)25(34)31(29-23)17-6-2-1-3-7-17/h1-11,14H,12-13,15H2,(H,27,32)(H,28,33). The van der Waals surface area contributed by atoms with Crippen LogP contribution in [0, 0.1) is 0 Å². The summed E-state index contributed by atoms with van der Waals surface area (Å²) in [7, 11) is 0. The van der Waals surface area contributed by atoms with Crippen molar-refractivity contribution in [2.45, 2.75) is 0 Å². The summed E-state index contributed by atoms with van der Waals surface area (Å²) in [5.74, 6) is -0.534. The third-order valence-corrected chi connectivity index (χ3v) is 5.91. The van der Waals surface area contributed by atoms with Gasteiger partial charge in [0.2, 0.25) is 5.91 Å². The molecule has 0 unspecified atom stereocenters. The number of carbonyl (C=O) groups excluding carboxylic acids is 2. The molecule has 2 amide bonds. The van der Waals surface area contributed by atoms with Crippen LogP contribution in [0.5, 0.6) is 0 Å². The number of fused-ring (bicyclic) bond motifs is 1. The van der Waals surface area contributed by atoms with E-state index in [1.165, 1.54) is 4.68 Å². The van der Waals surface area contributed by atoms with Gasteiger partial charge in [0.25, 0.3) is 11.5 Å². The Hall–Kier alpha value is -4.17. The number of nitrogens with one attached hydrogen (secondary N) is 2. The van der Waals surface area contributed by atoms with E-state index in [1.54, 1.807) is 66.7 Å². The Kier molecular flexibility index (Phi) is 5.73. The van der Waals surface area contributed by atoms with Crippen molar-refractivity contribution in [2.24, 2.45) is 0 Å². The van der Waals surface area contributed by atoms with E-state index in [2.05, 4.69) is 15.7 Å². The summed E-state index contributed by atoms with van der Waals surface area (Å²) in [5, 5.41) is 11.3. The van der Waals surface area contributed by atoms with E-state index in [0.717, 1.165) is 5.69 Å². The van der Waals surface area contributed by atoms with Crippen molar-refractivity contribution >= 4 is 45.6 Å². The molecule has 0 bridgehead atoms. The number of anilines is 2. The van der Waals surface area contributed by atoms with Gasteiger partial charge in [0.1, 0.15) is 0 Å². The van der Waals surface area contributed by atoms with Gasteiger partial charge in [0, 0.05) is 24.2 Å². The summed E-state index contributed by atoms with van der Waals surface area (Å²) < 4.78 is 1.23. The van der Waals surface area contributed by atoms with E-state index in [9.17, 15) is 14.4 Å². The molecule has 2 N–H and O–H groups in total. The Labute approximate surface area is 199 Å². The molecule has 0 atom stereocenters. The molecular weight excluding hydrogens is 454 g/mol. The zero-order valence-corrected chi connectivity index (χ0v) is 18.7. The molecule has 1 aliphatic rings. The van der Waals surface area contributed by atoms with Crippen molar-refractivity contribution in [3.8, 4) is 5.69 Å². The minimum absolute atomic E-state index is 0.0637. The Bertz CT molecular complexity index is 1470. The minimum Gasteiger partial charge on any atom is -0.359 e. The molecule has 2 heterocycles. The average Bonchev–Trinajstić information content (AvgIpc) is 2.85. The fourth-order valence-corrected chi connectivity index (χ4v) is 4.28. The lowest BCUT2D eigenvalue weighted by Crippen LogP contribution is -2.47. The molecule has 0 saturated carbocycles. The van der Waals surface area contributed by atoms with E-state index in [0.29, 0.717) is 40.3 Å². The molecule has 1 saturated heterocycles. The molecule has 3 aromatic carbocycles. The second-order valence-electron chi connectivity index (χ2n) is 7.84. The van der Waals surface area contributed by atoms with E-state index < -0.39 is 5.91 Å². The number of hydrogen-bond acceptors (Lipinski definition) is 5. The monoisotopic (exact) mass is 473 g/mol. The van der Waals surface area contributed by atoms with Gasteiger partial charge in [-0.2, -0.15) is 9.78 Å². The lowest BCUT2D eigenvalue weighted by atomic mass is 10.1. The molecule has 5 rings (SSSR count). The number of nitrogens with zero attached hydrogens (tertiary/aromatic N) is 3. The summed E-state index contributed by atoms with van der Waals surface area (Å²) >= 11 is 6.48. The molecule has 8 nitrogen and oxygen atoms in total. The SMILES string of the molecule is O=C1CN(c2ccc(NC(=O)c3nn(-c4ccccc4)c(=O)c4ccccc34)cc2Cl)CCN1. The van der Waals surface area contributed by atoms with Crippen LogP contribution in [0.25, 0.3) is 16.5 Å². The lowest BCUT2D eigenvalue weighted by molar-refractivity contribution is -0.120. The number of amides is 2. The molecule has 0 radical (unpaired) electrons. The molecule has 1 aliphatic heterocycles. The number of aromatic nitrogens is 2. The number of hydrogen-bond donors (Lipinski definition) is 2. The van der Waals surface area contributed by atoms with E-state index in [-0.39, 0.29) is 23.7 Å². The third-order valence-electron chi connectivity index (χ3n) is 5.61. The van der Waals surface area contributed by atoms with Gasteiger partial charge >= 0.3 is 0 Å². The molecule has 1 aromatic heterocycles. The molecule has 4 aromatic rings. The highest BCUT2D eigenvalue weighted by atomic mass is 35.5. The fraction of sp³-hybridized carbons (Fsp3) is 0.120. The van der Waals surface area contributed by atoms with Crippen LogP contribution in [0.4, 0.5) is 11.4 Å². The number of benzene rings is 3. The van der Waals surface area contributed by atoms with Gasteiger partial charge in [0.05, 0.1) is 28.3 Å². The first-order chi connectivity index (χ1) is 16.5. The summed E-state index contributed by atoms with van der Waals surface area (Å²) in [6.45, 7) is 1.42. The highest BCUT2D eigenvalue weighted by Crippen LogP contribution is 2.29. The van der Waals surface area contributed by atoms with Gasteiger partial charge in [0.15, 0.2) is 5.69 Å². The van der Waals surface area contributed by atoms with Crippen LogP contribution < -0.4 is 21.1 Å². The number of rotatable bonds is 4. The first-order valence-corrected chi connectivity index (χ1v) is 11.1. The van der Waals surface area contributed by atoms with Crippen LogP contribution in [0.15, 0.2) is 77.6 Å². The van der Waals surface area contributed by atoms with Gasteiger partial charge in [-0.25, -0.2) is 0 Å². The molecule has 0 spiro atoms. The highest BCUT2D eigenvalue weighted by Gasteiger charge is 2.20. The third kappa shape index (κ3) is 4.11. The van der Waals surface area contributed by atoms with Gasteiger partial charge in [-0.1, -0.05) is 48.0 Å². The maximum absolute atomic E-state index is 13.3. The molecule has 1 fully saturated rings. The normalized spacial score (nSPS) is 13.6. The lowest BCUT2D eigenvalue weighted by Gasteiger charge is -2.29. The zero-order chi connectivity index (χ0) is 23.7. The average molecular weight is 474 g/mol. The second kappa shape index (κ2) is 8.99. The highest BCUT2D eigenvalue weighted by molar-refractivity contribution is 6.33. The van der Waals surface area contributed by atoms with Crippen LogP contribution in [-0.4, -0.2) is 41.2 Å². The number of carbonyl (C=O) groups is 2. The van der Waals surface area contributed by atoms with Gasteiger partial charge in [-0.15, -0.1) is 0 Å². The van der Waals surface area contributed by atoms with Crippen LogP contribution >= 0.6 is 11.6 Å². The van der Waals surface area contributed by atoms with Crippen molar-refractivity contribution in [2.75, 3.05) is 29.9 Å². The Morgan fingerprint density at radius 1 is 0.971 bits per heavy atom. The van der Waals surface area contributed by atoms with E-state index >= 15 is 0 Å². The quantitative estimate of drug-likeness (QED) is 0.474. The van der Waals surface area contributed by atoms with Crippen LogP contribution in [-0.2, 0) is 4.79 Å². The van der Waals surface area contributed by atoms with E-state index in [4.69, 9.17) is 11.6 Å². The van der Waals surface area contributed by atoms with Gasteiger partial charge in [-0.05, 0) is 36.4 Å². The molecular formula is C25H20ClN5O3. The summed E-state index contributed by atoms with van der Waals surface area (Å²) in [4.78, 5) is 39.9. The van der Waals surface area contributed by atoms with Crippen molar-refractivity contribution in [1.29, 1.82) is 0 Å². The largest absolute Gasteiger partial charge is 0.359 e. The van der Waals surface area contributed by atoms with Gasteiger partial charge < -0.3 is 15.5 Å². The van der Waals surface area contributed by atoms with Gasteiger partial charge in [-0.3, -0.25) is 14.4 Å². The Morgan fingerprint density at radius 2 is 1.71 bits per heavy atom. The molecule has 0 aliphatic carbocycles. The smallest absolute Gasteiger partial charge is 0.279 e. The zero-order valence-electron chi connectivity index (χ0n) is 18.0. The summed E-state index contributed by atoms with van der Waals surface area (Å²) in [6, 6.07) is 21.0. The topological polar surface area (TPSA) is 96.3 Å². The number of halogens is 1. The predicted molar refractivity (Wildman–Crippen MR) is 132 cm³/mol. The van der Waals surface area contributed by atoms with Crippen molar-refractivity contribution in [3.63, 3.8) is 0 Å². The number of piperazine rings is 1. The molecule has 170 valence electrons. The van der Waals surface area contributed by atoms with E-state index in [1.807, 2.05) is 11.0 Å². The summed E-state index contributed by atoms with van der Waals surface area (Å²) in [5.41, 5.74) is 1.56. The fourth-order valence-electron chi connectivity index (χ4n) is 3.98. The van der Waals surface area contributed by atoms with Crippen molar-refractivity contribution < 1.29 is 9.59 Å². The maximum atomic E-state index is 13.3. The van der Waals surface area contributed by atoms with Crippen LogP contribution in [0.1, 0.15) is 10.5 Å². The van der Waals surface area contributed by atoms with Crippen LogP contribution in [0.2, 0.25) is 5.02 Å². The number of para-hydroxylation sites is 1. The predicted octanol–water partition coefficient (Wildman–Crippen LogP) is 3.23.